The molecule has 0 aliphatic carbocycles. The molecule has 1 saturated heterocycles. The molecule has 1 heterocycles. The molecular weight excluding hydrogens is 240 g/mol. The van der Waals surface area contributed by atoms with Crippen LogP contribution in [0.2, 0.25) is 0 Å². The average molecular weight is 262 g/mol. The minimum absolute atomic E-state index is 0.148. The van der Waals surface area contributed by atoms with E-state index < -0.39 is 5.54 Å². The van der Waals surface area contributed by atoms with Crippen molar-refractivity contribution in [3.05, 3.63) is 30.3 Å². The van der Waals surface area contributed by atoms with Gasteiger partial charge in [0.05, 0.1) is 6.61 Å². The van der Waals surface area contributed by atoms with Crippen LogP contribution in [0.15, 0.2) is 30.3 Å². The third kappa shape index (κ3) is 3.26. The predicted octanol–water partition coefficient (Wildman–Crippen LogP) is 2.13. The number of nitrogens with zero attached hydrogens (tertiary/aromatic N) is 1. The van der Waals surface area contributed by atoms with Gasteiger partial charge in [-0.3, -0.25) is 0 Å². The lowest BCUT2D eigenvalue weighted by atomic mass is 9.88. The number of rotatable bonds is 4. The first kappa shape index (κ1) is 13.9. The third-order valence-corrected chi connectivity index (χ3v) is 3.51. The van der Waals surface area contributed by atoms with Gasteiger partial charge < -0.3 is 15.0 Å². The first-order valence-electron chi connectivity index (χ1n) is 6.85. The molecule has 0 saturated carbocycles. The zero-order valence-electron chi connectivity index (χ0n) is 11.7. The monoisotopic (exact) mass is 262 g/mol. The molecule has 1 N–H and O–H groups in total. The Hall–Kier alpha value is -1.55. The van der Waals surface area contributed by atoms with Gasteiger partial charge in [-0.25, -0.2) is 4.79 Å². The Labute approximate surface area is 114 Å². The van der Waals surface area contributed by atoms with Gasteiger partial charge in [0.25, 0.3) is 0 Å². The van der Waals surface area contributed by atoms with Gasteiger partial charge in [0, 0.05) is 12.2 Å². The smallest absolute Gasteiger partial charge is 0.333 e. The molecule has 0 aromatic heterocycles. The molecule has 4 nitrogen and oxygen atoms in total. The Morgan fingerprint density at radius 1 is 1.42 bits per heavy atom. The number of likely N-dealkylation sites (N-methyl/N-ethyl adjacent to an activating group) is 1. The topological polar surface area (TPSA) is 41.6 Å². The van der Waals surface area contributed by atoms with Crippen LogP contribution < -0.4 is 5.32 Å². The van der Waals surface area contributed by atoms with Crippen molar-refractivity contribution in [3.63, 3.8) is 0 Å². The summed E-state index contributed by atoms with van der Waals surface area (Å²) in [6.45, 7) is 3.97. The normalized spacial score (nSPS) is 23.9. The van der Waals surface area contributed by atoms with Crippen molar-refractivity contribution >= 4 is 11.7 Å². The Kier molecular flexibility index (Phi) is 4.43. The summed E-state index contributed by atoms with van der Waals surface area (Å²) < 4.78 is 5.28. The van der Waals surface area contributed by atoms with Crippen LogP contribution in [-0.4, -0.2) is 43.2 Å². The maximum absolute atomic E-state index is 12.4. The fourth-order valence-electron chi connectivity index (χ4n) is 2.66. The van der Waals surface area contributed by atoms with E-state index in [2.05, 4.69) is 10.2 Å². The molecule has 1 aromatic carbocycles. The lowest BCUT2D eigenvalue weighted by Gasteiger charge is -2.40. The first-order valence-corrected chi connectivity index (χ1v) is 6.85. The number of piperidine rings is 1. The van der Waals surface area contributed by atoms with Crippen molar-refractivity contribution in [3.8, 4) is 0 Å². The molecule has 0 amide bonds. The quantitative estimate of drug-likeness (QED) is 0.844. The van der Waals surface area contributed by atoms with Crippen molar-refractivity contribution in [2.75, 3.05) is 32.1 Å². The van der Waals surface area contributed by atoms with Gasteiger partial charge in [-0.1, -0.05) is 18.2 Å². The molecule has 1 unspecified atom stereocenters. The second-order valence-electron chi connectivity index (χ2n) is 5.13. The Bertz CT molecular complexity index is 421. The molecule has 0 radical (unpaired) electrons. The van der Waals surface area contributed by atoms with Crippen LogP contribution in [-0.2, 0) is 9.53 Å². The minimum atomic E-state index is -0.621. The van der Waals surface area contributed by atoms with E-state index in [0.717, 1.165) is 25.1 Å². The zero-order chi connectivity index (χ0) is 13.7. The Morgan fingerprint density at radius 2 is 2.16 bits per heavy atom. The standard InChI is InChI=1S/C15H22N2O2/c1-3-19-14(18)15(10-7-11-17(2)12-15)16-13-8-5-4-6-9-13/h4-6,8-9,16H,3,7,10-12H2,1-2H3. The van der Waals surface area contributed by atoms with Crippen LogP contribution in [0.1, 0.15) is 19.8 Å². The van der Waals surface area contributed by atoms with Crippen LogP contribution >= 0.6 is 0 Å². The molecule has 1 aliphatic rings. The SMILES string of the molecule is CCOC(=O)C1(Nc2ccccc2)CCCN(C)C1. The number of nitrogens with one attached hydrogen (secondary N) is 1. The van der Waals surface area contributed by atoms with Gasteiger partial charge in [0.15, 0.2) is 0 Å². The summed E-state index contributed by atoms with van der Waals surface area (Å²) in [4.78, 5) is 14.5. The second kappa shape index (κ2) is 6.06. The highest BCUT2D eigenvalue weighted by Gasteiger charge is 2.42. The maximum atomic E-state index is 12.4. The molecule has 0 bridgehead atoms. The summed E-state index contributed by atoms with van der Waals surface area (Å²) in [6.07, 6.45) is 1.81. The lowest BCUT2D eigenvalue weighted by molar-refractivity contribution is -0.150. The molecule has 1 atom stereocenters. The van der Waals surface area contributed by atoms with Crippen molar-refractivity contribution in [2.45, 2.75) is 25.3 Å². The van der Waals surface area contributed by atoms with Gasteiger partial charge in [-0.2, -0.15) is 0 Å². The van der Waals surface area contributed by atoms with Crippen LogP contribution in [0.3, 0.4) is 0 Å². The van der Waals surface area contributed by atoms with Crippen LogP contribution in [0, 0.1) is 0 Å². The van der Waals surface area contributed by atoms with E-state index in [1.54, 1.807) is 0 Å². The molecule has 104 valence electrons. The van der Waals surface area contributed by atoms with Gasteiger partial charge in [0.2, 0.25) is 0 Å². The Balaban J connectivity index is 2.21. The van der Waals surface area contributed by atoms with E-state index in [9.17, 15) is 4.79 Å². The Morgan fingerprint density at radius 3 is 2.79 bits per heavy atom. The summed E-state index contributed by atoms with van der Waals surface area (Å²) in [5.41, 5.74) is 0.343. The molecular formula is C15H22N2O2. The van der Waals surface area contributed by atoms with Crippen molar-refractivity contribution in [2.24, 2.45) is 0 Å². The van der Waals surface area contributed by atoms with Crippen LogP contribution in [0.5, 0.6) is 0 Å². The van der Waals surface area contributed by atoms with E-state index in [4.69, 9.17) is 4.74 Å². The number of ether oxygens (including phenoxy) is 1. The van der Waals surface area contributed by atoms with E-state index in [-0.39, 0.29) is 5.97 Å². The number of carbonyl (C=O) groups is 1. The third-order valence-electron chi connectivity index (χ3n) is 3.51. The predicted molar refractivity (Wildman–Crippen MR) is 76.2 cm³/mol. The van der Waals surface area contributed by atoms with E-state index in [1.807, 2.05) is 44.3 Å². The molecule has 1 fully saturated rings. The van der Waals surface area contributed by atoms with Gasteiger partial charge in [0.1, 0.15) is 5.54 Å². The molecule has 4 heteroatoms. The maximum Gasteiger partial charge on any atom is 0.333 e. The van der Waals surface area contributed by atoms with Crippen LogP contribution in [0.25, 0.3) is 0 Å². The molecule has 2 rings (SSSR count). The summed E-state index contributed by atoms with van der Waals surface area (Å²) in [5.74, 6) is -0.148. The average Bonchev–Trinajstić information content (AvgIpc) is 2.40. The summed E-state index contributed by atoms with van der Waals surface area (Å²) >= 11 is 0. The number of anilines is 1. The number of hydrogen-bond acceptors (Lipinski definition) is 4. The fraction of sp³-hybridized carbons (Fsp3) is 0.533. The zero-order valence-corrected chi connectivity index (χ0v) is 11.7. The molecule has 19 heavy (non-hydrogen) atoms. The highest BCUT2D eigenvalue weighted by atomic mass is 16.5. The number of carbonyl (C=O) groups excluding carboxylic acids is 1. The highest BCUT2D eigenvalue weighted by molar-refractivity contribution is 5.85. The number of esters is 1. The van der Waals surface area contributed by atoms with E-state index in [0.29, 0.717) is 13.2 Å². The highest BCUT2D eigenvalue weighted by Crippen LogP contribution is 2.26. The minimum Gasteiger partial charge on any atom is -0.464 e. The largest absolute Gasteiger partial charge is 0.464 e. The second-order valence-corrected chi connectivity index (χ2v) is 5.13. The van der Waals surface area contributed by atoms with Gasteiger partial charge in [-0.15, -0.1) is 0 Å². The van der Waals surface area contributed by atoms with Crippen molar-refractivity contribution in [1.82, 2.24) is 4.90 Å². The number of likely N-dealkylation sites (tertiary alicyclic amines) is 1. The van der Waals surface area contributed by atoms with Crippen molar-refractivity contribution in [1.29, 1.82) is 0 Å². The number of benzene rings is 1. The molecule has 0 spiro atoms. The van der Waals surface area contributed by atoms with E-state index in [1.165, 1.54) is 0 Å². The summed E-state index contributed by atoms with van der Waals surface area (Å²) in [6, 6.07) is 9.86. The number of para-hydroxylation sites is 1. The first-order chi connectivity index (χ1) is 9.16. The molecule has 1 aromatic rings. The van der Waals surface area contributed by atoms with E-state index >= 15 is 0 Å². The van der Waals surface area contributed by atoms with Gasteiger partial charge in [-0.05, 0) is 45.5 Å². The van der Waals surface area contributed by atoms with Crippen LogP contribution in [0.4, 0.5) is 5.69 Å². The summed E-state index contributed by atoms with van der Waals surface area (Å²) in [5, 5.41) is 3.39. The van der Waals surface area contributed by atoms with Crippen molar-refractivity contribution < 1.29 is 9.53 Å². The lowest BCUT2D eigenvalue weighted by Crippen LogP contribution is -2.57. The summed E-state index contributed by atoms with van der Waals surface area (Å²) in [7, 11) is 2.04. The van der Waals surface area contributed by atoms with Gasteiger partial charge >= 0.3 is 5.97 Å². The molecule has 1 aliphatic heterocycles. The number of hydrogen-bond donors (Lipinski definition) is 1. The fourth-order valence-corrected chi connectivity index (χ4v) is 2.66.